The van der Waals surface area contributed by atoms with E-state index in [1.54, 1.807) is 0 Å². The first kappa shape index (κ1) is 40.0. The molecule has 9 rings (SSSR count). The summed E-state index contributed by atoms with van der Waals surface area (Å²) in [5, 5.41) is 13.3. The van der Waals surface area contributed by atoms with Gasteiger partial charge in [-0.2, -0.15) is 0 Å². The van der Waals surface area contributed by atoms with Gasteiger partial charge in [-0.25, -0.2) is 13.6 Å². The molecule has 2 aliphatic carbocycles. The third kappa shape index (κ3) is 5.20. The molecular formula is C45H54F2N4O8. The monoisotopic (exact) mass is 816 g/mol. The van der Waals surface area contributed by atoms with Crippen LogP contribution in [-0.2, 0) is 39.4 Å². The second kappa shape index (κ2) is 13.6. The Balaban J connectivity index is 1.34. The van der Waals surface area contributed by atoms with Crippen molar-refractivity contribution in [2.45, 2.75) is 93.4 Å². The van der Waals surface area contributed by atoms with E-state index in [1.807, 2.05) is 61.4 Å². The van der Waals surface area contributed by atoms with E-state index < -0.39 is 63.7 Å². The molecule has 59 heavy (non-hydrogen) atoms. The first-order chi connectivity index (χ1) is 28.1. The van der Waals surface area contributed by atoms with E-state index in [-0.39, 0.29) is 31.3 Å². The summed E-state index contributed by atoms with van der Waals surface area (Å²) < 4.78 is 54.3. The number of likely N-dealkylation sites (N-methyl/N-ethyl adjacent to an activating group) is 1. The zero-order valence-corrected chi connectivity index (χ0v) is 34.8. The van der Waals surface area contributed by atoms with Gasteiger partial charge in [0.25, 0.3) is 0 Å². The van der Waals surface area contributed by atoms with E-state index in [4.69, 9.17) is 23.9 Å². The van der Waals surface area contributed by atoms with Crippen molar-refractivity contribution in [3.63, 3.8) is 0 Å². The normalized spacial score (nSPS) is 37.8. The maximum atomic E-state index is 15.3. The Bertz CT molecular complexity index is 2180. The van der Waals surface area contributed by atoms with Gasteiger partial charge in [0.2, 0.25) is 11.5 Å². The molecule has 14 heteroatoms. The SMILES string of the molecule is CC[C@@]12C=CCN3CC[C@@]4(c5cc([C@]6(C(=O)OC)C[C@H]7C[C@@H](C(C)(F)F)CN(CC8=C6N=C6CC=CC=C68)C7)c(OC)cc5N(C)[C@H]4[C@](O)(C(=O)OC)[C@@H]1OC(C)=O)[C@H]32. The molecule has 8 aliphatic rings. The molecule has 6 heterocycles. The van der Waals surface area contributed by atoms with Gasteiger partial charge < -0.3 is 29.0 Å². The van der Waals surface area contributed by atoms with Crippen LogP contribution in [0.2, 0.25) is 0 Å². The lowest BCUT2D eigenvalue weighted by molar-refractivity contribution is -0.228. The Hall–Kier alpha value is -4.40. The number of anilines is 1. The maximum Gasteiger partial charge on any atom is 0.344 e. The standard InChI is InChI=1S/C45H54F2N4O8/c1-8-42-14-11-16-51-17-15-43(36(42)51)30-19-31(34(56-5)20-33(30)49(4)37(43)45(55,40(54)58-7)38(42)59-25(2)52)44(39(53)57-6)21-26-18-27(41(3,46)47)23-50(22-26)24-29-28-12-9-10-13-32(28)48-35(29)44/h9-12,14,19-20,26-27,36-38,55H,8,13,15-18,21-24H2,1-7H3/t26-,27-,36-,37-,38-,42+,43-,44-,45-/m1/s1. The molecule has 2 bridgehead atoms. The summed E-state index contributed by atoms with van der Waals surface area (Å²) in [7, 11) is 5.92. The summed E-state index contributed by atoms with van der Waals surface area (Å²) in [6.07, 6.45) is 10.5. The number of ether oxygens (including phenoxy) is 4. The highest BCUT2D eigenvalue weighted by atomic mass is 19.3. The highest BCUT2D eigenvalue weighted by Gasteiger charge is 2.80. The molecule has 0 amide bonds. The first-order valence-corrected chi connectivity index (χ1v) is 20.8. The van der Waals surface area contributed by atoms with E-state index in [1.165, 1.54) is 28.3 Å². The molecule has 0 aromatic heterocycles. The lowest BCUT2D eigenvalue weighted by Crippen LogP contribution is -2.81. The van der Waals surface area contributed by atoms with Crippen molar-refractivity contribution in [2.75, 3.05) is 66.0 Å². The smallest absolute Gasteiger partial charge is 0.344 e. The second-order valence-corrected chi connectivity index (χ2v) is 18.1. The molecule has 10 atom stereocenters. The zero-order valence-electron chi connectivity index (χ0n) is 34.8. The number of hydrogen-bond acceptors (Lipinski definition) is 12. The molecule has 1 saturated carbocycles. The number of aliphatic imine (C=N–C) groups is 1. The molecule has 2 saturated heterocycles. The Morgan fingerprint density at radius 2 is 1.81 bits per heavy atom. The van der Waals surface area contributed by atoms with Gasteiger partial charge in [0.1, 0.15) is 11.2 Å². The van der Waals surface area contributed by atoms with Gasteiger partial charge in [-0.3, -0.25) is 24.4 Å². The fourth-order valence-corrected chi connectivity index (χ4v) is 13.3. The molecule has 1 aromatic rings. The van der Waals surface area contributed by atoms with Gasteiger partial charge in [-0.05, 0) is 62.3 Å². The molecule has 6 aliphatic heterocycles. The van der Waals surface area contributed by atoms with Crippen molar-refractivity contribution in [2.24, 2.45) is 22.2 Å². The first-order valence-electron chi connectivity index (χ1n) is 20.8. The molecule has 0 radical (unpaired) electrons. The minimum atomic E-state index is -2.94. The van der Waals surface area contributed by atoms with Crippen LogP contribution in [0.15, 0.2) is 64.3 Å². The van der Waals surface area contributed by atoms with Crippen LogP contribution >= 0.6 is 0 Å². The van der Waals surface area contributed by atoms with Crippen molar-refractivity contribution in [3.05, 3.63) is 70.5 Å². The van der Waals surface area contributed by atoms with Crippen LogP contribution in [0, 0.1) is 17.3 Å². The van der Waals surface area contributed by atoms with E-state index in [2.05, 4.69) is 9.80 Å². The Morgan fingerprint density at radius 3 is 2.49 bits per heavy atom. The van der Waals surface area contributed by atoms with E-state index in [0.717, 1.165) is 29.3 Å². The van der Waals surface area contributed by atoms with Crippen molar-refractivity contribution in [3.8, 4) is 5.75 Å². The molecular weight excluding hydrogens is 763 g/mol. The van der Waals surface area contributed by atoms with E-state index in [0.29, 0.717) is 68.1 Å². The Kier molecular flexibility index (Phi) is 9.20. The molecule has 1 aromatic carbocycles. The van der Waals surface area contributed by atoms with Crippen molar-refractivity contribution in [1.82, 2.24) is 9.80 Å². The van der Waals surface area contributed by atoms with Crippen LogP contribution in [0.3, 0.4) is 0 Å². The number of fused-ring (bicyclic) bond motifs is 5. The highest BCUT2D eigenvalue weighted by Crippen LogP contribution is 2.68. The topological polar surface area (TPSA) is 130 Å². The highest BCUT2D eigenvalue weighted by molar-refractivity contribution is 6.10. The lowest BCUT2D eigenvalue weighted by Gasteiger charge is -2.63. The number of allylic oxidation sites excluding steroid dienone is 3. The number of carbonyl (C=O) groups excluding carboxylic acids is 3. The summed E-state index contributed by atoms with van der Waals surface area (Å²) in [6.45, 7) is 6.52. The number of hydrogen-bond donors (Lipinski definition) is 1. The molecule has 12 nitrogen and oxygen atoms in total. The second-order valence-electron chi connectivity index (χ2n) is 18.1. The fourth-order valence-electron chi connectivity index (χ4n) is 13.3. The van der Waals surface area contributed by atoms with Crippen LogP contribution in [0.5, 0.6) is 5.75 Å². The van der Waals surface area contributed by atoms with Gasteiger partial charge in [0, 0.05) is 92.3 Å². The van der Waals surface area contributed by atoms with Crippen LogP contribution < -0.4 is 9.64 Å². The Labute approximate surface area is 343 Å². The number of aliphatic hydroxyl groups is 1. The van der Waals surface area contributed by atoms with Gasteiger partial charge in [0.15, 0.2) is 6.10 Å². The maximum absolute atomic E-state index is 15.3. The summed E-state index contributed by atoms with van der Waals surface area (Å²) in [5.41, 5.74) is -0.945. The molecule has 3 fully saturated rings. The summed E-state index contributed by atoms with van der Waals surface area (Å²) in [5.74, 6) is -5.97. The number of rotatable bonds is 7. The van der Waals surface area contributed by atoms with Crippen LogP contribution in [0.4, 0.5) is 14.5 Å². The predicted octanol–water partition coefficient (Wildman–Crippen LogP) is 4.64. The van der Waals surface area contributed by atoms with E-state index in [9.17, 15) is 14.7 Å². The summed E-state index contributed by atoms with van der Waals surface area (Å²) in [6, 6.07) is 2.53. The number of esters is 3. The summed E-state index contributed by atoms with van der Waals surface area (Å²) in [4.78, 5) is 54.1. The van der Waals surface area contributed by atoms with Crippen molar-refractivity contribution in [1.29, 1.82) is 0 Å². The third-order valence-corrected chi connectivity index (χ3v) is 15.3. The van der Waals surface area contributed by atoms with Crippen molar-refractivity contribution < 1.29 is 47.2 Å². The largest absolute Gasteiger partial charge is 0.496 e. The number of nitrogens with zero attached hydrogens (tertiary/aromatic N) is 4. The average Bonchev–Trinajstić information content (AvgIpc) is 3.86. The van der Waals surface area contributed by atoms with E-state index >= 15 is 13.6 Å². The van der Waals surface area contributed by atoms with Gasteiger partial charge in [-0.15, -0.1) is 0 Å². The fraction of sp³-hybridized carbons (Fsp3) is 0.600. The van der Waals surface area contributed by atoms with Gasteiger partial charge >= 0.3 is 17.9 Å². The molecule has 1 N–H and O–H groups in total. The third-order valence-electron chi connectivity index (χ3n) is 15.3. The van der Waals surface area contributed by atoms with Gasteiger partial charge in [0.05, 0.1) is 38.8 Å². The van der Waals surface area contributed by atoms with Crippen LogP contribution in [0.1, 0.15) is 64.0 Å². The zero-order chi connectivity index (χ0) is 42.0. The number of alkyl halides is 2. The van der Waals surface area contributed by atoms with Crippen molar-refractivity contribution >= 4 is 29.3 Å². The van der Waals surface area contributed by atoms with Gasteiger partial charge in [-0.1, -0.05) is 37.3 Å². The molecule has 1 unspecified atom stereocenters. The number of benzene rings is 1. The van der Waals surface area contributed by atoms with Crippen LogP contribution in [0.25, 0.3) is 0 Å². The predicted molar refractivity (Wildman–Crippen MR) is 214 cm³/mol. The summed E-state index contributed by atoms with van der Waals surface area (Å²) >= 11 is 0. The number of methoxy groups -OCH3 is 3. The quantitative estimate of drug-likeness (QED) is 0.235. The van der Waals surface area contributed by atoms with Crippen LogP contribution in [-0.4, -0.2) is 129 Å². The average molecular weight is 817 g/mol. The molecule has 1 spiro atoms. The number of piperidine rings is 1. The Morgan fingerprint density at radius 1 is 1.05 bits per heavy atom. The lowest BCUT2D eigenvalue weighted by atomic mass is 9.47. The number of halogens is 2. The minimum Gasteiger partial charge on any atom is -0.496 e. The minimum absolute atomic E-state index is 0.137. The molecule has 316 valence electrons. The number of carbonyl (C=O) groups is 3.